The van der Waals surface area contributed by atoms with E-state index in [1.807, 2.05) is 12.1 Å². The number of alkyl halides is 3. The average Bonchev–Trinajstić information content (AvgIpc) is 3.26. The van der Waals surface area contributed by atoms with Crippen molar-refractivity contribution in [2.45, 2.75) is 43.7 Å². The van der Waals surface area contributed by atoms with Gasteiger partial charge >= 0.3 is 6.18 Å². The van der Waals surface area contributed by atoms with E-state index in [1.165, 1.54) is 12.1 Å². The summed E-state index contributed by atoms with van der Waals surface area (Å²) in [6.07, 6.45) is -1.17. The van der Waals surface area contributed by atoms with Gasteiger partial charge in [0.25, 0.3) is 11.8 Å². The lowest BCUT2D eigenvalue weighted by Gasteiger charge is -2.44. The van der Waals surface area contributed by atoms with Crippen LogP contribution in [0.4, 0.5) is 13.2 Å². The second-order valence-corrected chi connectivity index (χ2v) is 10.3. The van der Waals surface area contributed by atoms with E-state index >= 15 is 0 Å². The normalized spacial score (nSPS) is 17.6. The van der Waals surface area contributed by atoms with E-state index in [1.54, 1.807) is 33.7 Å². The van der Waals surface area contributed by atoms with Crippen LogP contribution in [0.5, 0.6) is 5.75 Å². The fourth-order valence-electron chi connectivity index (χ4n) is 4.54. The molecule has 35 heavy (non-hydrogen) atoms. The molecular weight excluding hydrogens is 477 g/mol. The Kier molecular flexibility index (Phi) is 7.64. The first-order valence-corrected chi connectivity index (χ1v) is 12.9. The molecule has 9 heteroatoms. The first-order chi connectivity index (χ1) is 16.7. The summed E-state index contributed by atoms with van der Waals surface area (Å²) in [6.45, 7) is 4.31. The Morgan fingerprint density at radius 2 is 1.54 bits per heavy atom. The molecule has 2 amide bonds. The predicted molar refractivity (Wildman–Crippen MR) is 130 cm³/mol. The van der Waals surface area contributed by atoms with Crippen molar-refractivity contribution in [3.05, 3.63) is 65.2 Å². The zero-order chi connectivity index (χ0) is 25.1. The summed E-state index contributed by atoms with van der Waals surface area (Å²) in [5.41, 5.74) is 0.0760. The highest BCUT2D eigenvalue weighted by Gasteiger charge is 2.47. The third-order valence-electron chi connectivity index (χ3n) is 6.58. The van der Waals surface area contributed by atoms with Crippen molar-refractivity contribution in [3.63, 3.8) is 0 Å². The van der Waals surface area contributed by atoms with E-state index in [4.69, 9.17) is 4.74 Å². The molecule has 2 heterocycles. The molecule has 2 fully saturated rings. The molecule has 0 radical (unpaired) electrons. The Hall–Kier alpha value is -2.68. The van der Waals surface area contributed by atoms with Crippen LogP contribution in [0.25, 0.3) is 0 Å². The van der Waals surface area contributed by atoms with Crippen LogP contribution in [0.15, 0.2) is 48.5 Å². The summed E-state index contributed by atoms with van der Waals surface area (Å²) >= 11 is 1.70. The fourth-order valence-corrected chi connectivity index (χ4v) is 5.99. The Morgan fingerprint density at radius 1 is 0.943 bits per heavy atom. The van der Waals surface area contributed by atoms with Crippen LogP contribution in [-0.4, -0.2) is 58.5 Å². The maximum atomic E-state index is 13.2. The molecule has 4 rings (SSSR count). The molecule has 0 atom stereocenters. The average molecular weight is 507 g/mol. The Bertz CT molecular complexity index is 1030. The molecule has 2 aliphatic rings. The van der Waals surface area contributed by atoms with Gasteiger partial charge in [-0.05, 0) is 67.8 Å². The van der Waals surface area contributed by atoms with Crippen molar-refractivity contribution >= 4 is 23.6 Å². The van der Waals surface area contributed by atoms with Gasteiger partial charge in [-0.15, -0.1) is 11.8 Å². The monoisotopic (exact) mass is 506 g/mol. The molecule has 188 valence electrons. The molecule has 0 aromatic heterocycles. The minimum absolute atomic E-state index is 0.0522. The number of hydrogen-bond acceptors (Lipinski definition) is 4. The number of amides is 2. The van der Waals surface area contributed by atoms with Crippen LogP contribution in [-0.2, 0) is 6.18 Å². The third kappa shape index (κ3) is 5.60. The number of ether oxygens (including phenoxy) is 1. The number of likely N-dealkylation sites (tertiary alicyclic amines) is 1. The maximum absolute atomic E-state index is 13.2. The molecule has 0 bridgehead atoms. The Morgan fingerprint density at radius 3 is 2.14 bits per heavy atom. The third-order valence-corrected chi connectivity index (χ3v) is 8.13. The minimum atomic E-state index is -4.44. The van der Waals surface area contributed by atoms with Crippen molar-refractivity contribution in [1.29, 1.82) is 0 Å². The van der Waals surface area contributed by atoms with Gasteiger partial charge in [-0.1, -0.05) is 13.3 Å². The van der Waals surface area contributed by atoms with Gasteiger partial charge in [0.2, 0.25) is 0 Å². The molecule has 0 aliphatic carbocycles. The smallest absolute Gasteiger partial charge is 0.416 e. The van der Waals surface area contributed by atoms with Crippen LogP contribution in [0.2, 0.25) is 0 Å². The van der Waals surface area contributed by atoms with Gasteiger partial charge in [0.15, 0.2) is 0 Å². The molecular formula is C26H29F3N2O3S. The molecule has 1 spiro atoms. The molecule has 2 aliphatic heterocycles. The first-order valence-electron chi connectivity index (χ1n) is 11.9. The van der Waals surface area contributed by atoms with E-state index in [0.29, 0.717) is 44.6 Å². The second kappa shape index (κ2) is 10.5. The van der Waals surface area contributed by atoms with E-state index in [9.17, 15) is 22.8 Å². The van der Waals surface area contributed by atoms with Gasteiger partial charge in [-0.2, -0.15) is 13.2 Å². The number of piperidine rings is 1. The van der Waals surface area contributed by atoms with Crippen LogP contribution < -0.4 is 4.74 Å². The number of nitrogens with zero attached hydrogens (tertiary/aromatic N) is 2. The fraction of sp³-hybridized carbons (Fsp3) is 0.462. The summed E-state index contributed by atoms with van der Waals surface area (Å²) in [4.78, 5) is 29.4. The number of thioether (sulfide) groups is 1. The van der Waals surface area contributed by atoms with Gasteiger partial charge in [0, 0.05) is 36.5 Å². The van der Waals surface area contributed by atoms with E-state index < -0.39 is 16.6 Å². The van der Waals surface area contributed by atoms with Gasteiger partial charge in [0.05, 0.1) is 17.0 Å². The number of halogens is 3. The lowest BCUT2D eigenvalue weighted by atomic mass is 9.99. The number of carbonyl (C=O) groups excluding carboxylic acids is 2. The standard InChI is InChI=1S/C26H29F3N2O3S/c1-2-3-17-34-22-10-6-19(7-11-22)23(32)30-14-12-25(13-15-30)31(16-18-35-25)24(33)20-4-8-21(9-5-20)26(27,28)29/h4-11H,2-3,12-18H2,1H3. The molecule has 2 aromatic carbocycles. The first kappa shape index (κ1) is 25.4. The molecule has 2 saturated heterocycles. The number of unbranched alkanes of at least 4 members (excludes halogenated alkanes) is 1. The minimum Gasteiger partial charge on any atom is -0.494 e. The van der Waals surface area contributed by atoms with Crippen molar-refractivity contribution < 1.29 is 27.5 Å². The quantitative estimate of drug-likeness (QED) is 0.472. The summed E-state index contributed by atoms with van der Waals surface area (Å²) < 4.78 is 44.3. The lowest BCUT2D eigenvalue weighted by Crippen LogP contribution is -2.53. The van der Waals surface area contributed by atoms with E-state index in [-0.39, 0.29) is 17.4 Å². The Labute approximate surface area is 207 Å². The van der Waals surface area contributed by atoms with Crippen molar-refractivity contribution in [2.75, 3.05) is 32.0 Å². The number of carbonyl (C=O) groups is 2. The highest BCUT2D eigenvalue weighted by Crippen LogP contribution is 2.45. The molecule has 0 unspecified atom stereocenters. The topological polar surface area (TPSA) is 49.9 Å². The van der Waals surface area contributed by atoms with Crippen LogP contribution in [0.3, 0.4) is 0 Å². The van der Waals surface area contributed by atoms with Crippen molar-refractivity contribution in [3.8, 4) is 5.75 Å². The van der Waals surface area contributed by atoms with Gasteiger partial charge in [0.1, 0.15) is 5.75 Å². The maximum Gasteiger partial charge on any atom is 0.416 e. The highest BCUT2D eigenvalue weighted by molar-refractivity contribution is 8.00. The summed E-state index contributed by atoms with van der Waals surface area (Å²) in [6, 6.07) is 11.6. The number of hydrogen-bond donors (Lipinski definition) is 0. The van der Waals surface area contributed by atoms with Crippen molar-refractivity contribution in [1.82, 2.24) is 9.80 Å². The van der Waals surface area contributed by atoms with Crippen LogP contribution in [0, 0.1) is 0 Å². The lowest BCUT2D eigenvalue weighted by molar-refractivity contribution is -0.137. The van der Waals surface area contributed by atoms with E-state index in [0.717, 1.165) is 36.5 Å². The van der Waals surface area contributed by atoms with Gasteiger partial charge in [-0.25, -0.2) is 0 Å². The van der Waals surface area contributed by atoms with Crippen molar-refractivity contribution in [2.24, 2.45) is 0 Å². The Balaban J connectivity index is 1.38. The molecule has 0 saturated carbocycles. The predicted octanol–water partition coefficient (Wildman–Crippen LogP) is 5.71. The summed E-state index contributed by atoms with van der Waals surface area (Å²) in [7, 11) is 0. The van der Waals surface area contributed by atoms with Gasteiger partial charge in [-0.3, -0.25) is 9.59 Å². The van der Waals surface area contributed by atoms with Gasteiger partial charge < -0.3 is 14.5 Å². The van der Waals surface area contributed by atoms with Crippen LogP contribution >= 0.6 is 11.8 Å². The highest BCUT2D eigenvalue weighted by atomic mass is 32.2. The molecule has 0 N–H and O–H groups in total. The largest absolute Gasteiger partial charge is 0.494 e. The summed E-state index contributed by atoms with van der Waals surface area (Å²) in [5, 5.41) is 0. The number of rotatable bonds is 6. The van der Waals surface area contributed by atoms with E-state index in [2.05, 4.69) is 6.92 Å². The zero-order valence-electron chi connectivity index (χ0n) is 19.6. The second-order valence-electron chi connectivity index (χ2n) is 8.85. The van der Waals surface area contributed by atoms with Crippen LogP contribution in [0.1, 0.15) is 58.9 Å². The summed E-state index contributed by atoms with van der Waals surface area (Å²) in [5.74, 6) is 1.19. The number of benzene rings is 2. The zero-order valence-corrected chi connectivity index (χ0v) is 20.5. The molecule has 5 nitrogen and oxygen atoms in total. The SMILES string of the molecule is CCCCOc1ccc(C(=O)N2CCC3(CC2)SCCN3C(=O)c2ccc(C(F)(F)F)cc2)cc1. The molecule has 2 aromatic rings.